The SMILES string of the molecule is CCCNC1COCC1C(=O)N(CC1CCOC1)C1CC1. The predicted molar refractivity (Wildman–Crippen MR) is 80.1 cm³/mol. The van der Waals surface area contributed by atoms with E-state index in [-0.39, 0.29) is 12.0 Å². The van der Waals surface area contributed by atoms with Gasteiger partial charge in [-0.1, -0.05) is 6.92 Å². The van der Waals surface area contributed by atoms with Gasteiger partial charge in [0, 0.05) is 31.2 Å². The van der Waals surface area contributed by atoms with Crippen LogP contribution >= 0.6 is 0 Å². The van der Waals surface area contributed by atoms with E-state index in [2.05, 4.69) is 17.1 Å². The van der Waals surface area contributed by atoms with Gasteiger partial charge in [-0.3, -0.25) is 4.79 Å². The summed E-state index contributed by atoms with van der Waals surface area (Å²) in [5.74, 6) is 0.828. The first-order valence-electron chi connectivity index (χ1n) is 8.49. The largest absolute Gasteiger partial charge is 0.381 e. The zero-order valence-corrected chi connectivity index (χ0v) is 13.1. The van der Waals surface area contributed by atoms with E-state index in [0.717, 1.165) is 39.1 Å². The molecule has 3 rings (SSSR count). The molecule has 2 aliphatic heterocycles. The third-order valence-electron chi connectivity index (χ3n) is 4.80. The van der Waals surface area contributed by atoms with Crippen molar-refractivity contribution < 1.29 is 14.3 Å². The normalized spacial score (nSPS) is 32.5. The van der Waals surface area contributed by atoms with E-state index >= 15 is 0 Å². The number of nitrogens with one attached hydrogen (secondary N) is 1. The molecule has 5 nitrogen and oxygen atoms in total. The Kier molecular flexibility index (Phi) is 5.14. The van der Waals surface area contributed by atoms with Crippen LogP contribution in [0.3, 0.4) is 0 Å². The number of nitrogens with zero attached hydrogens (tertiary/aromatic N) is 1. The Hall–Kier alpha value is -0.650. The monoisotopic (exact) mass is 296 g/mol. The quantitative estimate of drug-likeness (QED) is 0.762. The van der Waals surface area contributed by atoms with Crippen molar-refractivity contribution in [2.75, 3.05) is 39.5 Å². The van der Waals surface area contributed by atoms with Crippen molar-refractivity contribution >= 4 is 5.91 Å². The van der Waals surface area contributed by atoms with Gasteiger partial charge in [-0.2, -0.15) is 0 Å². The van der Waals surface area contributed by atoms with Crippen molar-refractivity contribution in [3.63, 3.8) is 0 Å². The maximum atomic E-state index is 13.0. The minimum Gasteiger partial charge on any atom is -0.381 e. The fourth-order valence-electron chi connectivity index (χ4n) is 3.35. The lowest BCUT2D eigenvalue weighted by molar-refractivity contribution is -0.137. The molecule has 2 saturated heterocycles. The first-order valence-corrected chi connectivity index (χ1v) is 8.49. The van der Waals surface area contributed by atoms with E-state index in [1.165, 1.54) is 12.8 Å². The first kappa shape index (κ1) is 15.3. The molecule has 3 fully saturated rings. The van der Waals surface area contributed by atoms with Crippen molar-refractivity contribution in [2.24, 2.45) is 11.8 Å². The number of ether oxygens (including phenoxy) is 2. The van der Waals surface area contributed by atoms with Gasteiger partial charge in [0.05, 0.1) is 25.7 Å². The van der Waals surface area contributed by atoms with E-state index in [1.54, 1.807) is 0 Å². The van der Waals surface area contributed by atoms with Crippen LogP contribution in [0, 0.1) is 11.8 Å². The lowest BCUT2D eigenvalue weighted by Gasteiger charge is -2.29. The lowest BCUT2D eigenvalue weighted by Crippen LogP contribution is -2.48. The van der Waals surface area contributed by atoms with Gasteiger partial charge >= 0.3 is 0 Å². The van der Waals surface area contributed by atoms with Gasteiger partial charge in [0.15, 0.2) is 0 Å². The number of amides is 1. The van der Waals surface area contributed by atoms with Gasteiger partial charge in [-0.15, -0.1) is 0 Å². The minimum atomic E-state index is -0.000489. The van der Waals surface area contributed by atoms with Gasteiger partial charge in [0.2, 0.25) is 5.91 Å². The molecule has 0 radical (unpaired) electrons. The molecular weight excluding hydrogens is 268 g/mol. The summed E-state index contributed by atoms with van der Waals surface area (Å²) in [6, 6.07) is 0.670. The van der Waals surface area contributed by atoms with Crippen LogP contribution in [0.4, 0.5) is 0 Å². The molecule has 3 aliphatic rings. The van der Waals surface area contributed by atoms with E-state index in [0.29, 0.717) is 31.1 Å². The van der Waals surface area contributed by atoms with Crippen LogP contribution in [0.1, 0.15) is 32.6 Å². The number of hydrogen-bond donors (Lipinski definition) is 1. The summed E-state index contributed by atoms with van der Waals surface area (Å²) < 4.78 is 11.0. The molecular formula is C16H28N2O3. The molecule has 0 bridgehead atoms. The van der Waals surface area contributed by atoms with Gasteiger partial charge in [-0.05, 0) is 32.2 Å². The molecule has 3 unspecified atom stereocenters. The maximum absolute atomic E-state index is 13.0. The third-order valence-corrected chi connectivity index (χ3v) is 4.80. The highest BCUT2D eigenvalue weighted by Crippen LogP contribution is 2.31. The second-order valence-electron chi connectivity index (χ2n) is 6.66. The highest BCUT2D eigenvalue weighted by Gasteiger charge is 2.42. The average molecular weight is 296 g/mol. The van der Waals surface area contributed by atoms with Crippen LogP contribution in [0.15, 0.2) is 0 Å². The summed E-state index contributed by atoms with van der Waals surface area (Å²) in [5.41, 5.74) is 0. The average Bonchev–Trinajstić information content (AvgIpc) is 3.02. The van der Waals surface area contributed by atoms with Crippen LogP contribution < -0.4 is 5.32 Å². The van der Waals surface area contributed by atoms with E-state index in [1.807, 2.05) is 0 Å². The molecule has 0 aromatic rings. The maximum Gasteiger partial charge on any atom is 0.229 e. The molecule has 21 heavy (non-hydrogen) atoms. The molecule has 3 atom stereocenters. The summed E-state index contributed by atoms with van der Waals surface area (Å²) in [5, 5.41) is 3.47. The molecule has 0 spiro atoms. The Morgan fingerprint density at radius 3 is 2.71 bits per heavy atom. The molecule has 0 aromatic heterocycles. The first-order chi connectivity index (χ1) is 10.3. The Morgan fingerprint density at radius 2 is 2.05 bits per heavy atom. The highest BCUT2D eigenvalue weighted by molar-refractivity contribution is 5.80. The second kappa shape index (κ2) is 7.07. The van der Waals surface area contributed by atoms with E-state index in [4.69, 9.17) is 9.47 Å². The van der Waals surface area contributed by atoms with Gasteiger partial charge in [-0.25, -0.2) is 0 Å². The number of rotatable bonds is 7. The summed E-state index contributed by atoms with van der Waals surface area (Å²) in [4.78, 5) is 15.1. The van der Waals surface area contributed by atoms with Gasteiger partial charge in [0.1, 0.15) is 0 Å². The standard InChI is InChI=1S/C16H28N2O3/c1-2-6-17-15-11-21-10-14(15)16(19)18(13-3-4-13)8-12-5-7-20-9-12/h12-15,17H,2-11H2,1H3. The van der Waals surface area contributed by atoms with Crippen molar-refractivity contribution in [1.82, 2.24) is 10.2 Å². The molecule has 0 aromatic carbocycles. The van der Waals surface area contributed by atoms with Crippen molar-refractivity contribution in [1.29, 1.82) is 0 Å². The molecule has 5 heteroatoms. The number of carbonyl (C=O) groups is 1. The Bertz CT molecular complexity index is 353. The van der Waals surface area contributed by atoms with E-state index in [9.17, 15) is 4.79 Å². The lowest BCUT2D eigenvalue weighted by atomic mass is 10.00. The predicted octanol–water partition coefficient (Wildman–Crippen LogP) is 1.03. The Labute approximate surface area is 127 Å². The Morgan fingerprint density at radius 1 is 1.19 bits per heavy atom. The van der Waals surface area contributed by atoms with Crippen molar-refractivity contribution in [3.8, 4) is 0 Å². The highest BCUT2D eigenvalue weighted by atomic mass is 16.5. The van der Waals surface area contributed by atoms with Crippen LogP contribution in [-0.4, -0.2) is 62.4 Å². The molecule has 120 valence electrons. The van der Waals surface area contributed by atoms with Crippen molar-refractivity contribution in [2.45, 2.75) is 44.7 Å². The third kappa shape index (κ3) is 3.76. The zero-order chi connectivity index (χ0) is 14.7. The minimum absolute atomic E-state index is 0.000489. The fourth-order valence-corrected chi connectivity index (χ4v) is 3.35. The summed E-state index contributed by atoms with van der Waals surface area (Å²) >= 11 is 0. The summed E-state index contributed by atoms with van der Waals surface area (Å²) in [6.07, 6.45) is 4.51. The molecule has 1 saturated carbocycles. The molecule has 2 heterocycles. The fraction of sp³-hybridized carbons (Fsp3) is 0.938. The van der Waals surface area contributed by atoms with Gasteiger partial charge in [0.25, 0.3) is 0 Å². The van der Waals surface area contributed by atoms with Crippen LogP contribution in [0.25, 0.3) is 0 Å². The van der Waals surface area contributed by atoms with Crippen molar-refractivity contribution in [3.05, 3.63) is 0 Å². The Balaban J connectivity index is 1.59. The second-order valence-corrected chi connectivity index (χ2v) is 6.66. The summed E-state index contributed by atoms with van der Waals surface area (Å²) in [7, 11) is 0. The van der Waals surface area contributed by atoms with Crippen LogP contribution in [0.2, 0.25) is 0 Å². The summed E-state index contributed by atoms with van der Waals surface area (Å²) in [6.45, 7) is 6.89. The molecule has 1 N–H and O–H groups in total. The molecule has 1 aliphatic carbocycles. The van der Waals surface area contributed by atoms with E-state index < -0.39 is 0 Å². The van der Waals surface area contributed by atoms with Crippen LogP contribution in [0.5, 0.6) is 0 Å². The zero-order valence-electron chi connectivity index (χ0n) is 13.1. The number of carbonyl (C=O) groups excluding carboxylic acids is 1. The molecule has 1 amide bonds. The van der Waals surface area contributed by atoms with Crippen LogP contribution in [-0.2, 0) is 14.3 Å². The topological polar surface area (TPSA) is 50.8 Å². The van der Waals surface area contributed by atoms with Gasteiger partial charge < -0.3 is 19.7 Å². The smallest absolute Gasteiger partial charge is 0.229 e. The number of hydrogen-bond acceptors (Lipinski definition) is 4.